The van der Waals surface area contributed by atoms with Gasteiger partial charge in [0, 0.05) is 25.3 Å². The van der Waals surface area contributed by atoms with Crippen molar-refractivity contribution >= 4 is 21.9 Å². The number of aromatic amines is 1. The summed E-state index contributed by atoms with van der Waals surface area (Å²) < 4.78 is 30.0. The Morgan fingerprint density at radius 1 is 1.37 bits per heavy atom. The molecule has 152 valence electrons. The van der Waals surface area contributed by atoms with E-state index < -0.39 is 16.0 Å². The number of esters is 1. The van der Waals surface area contributed by atoms with Crippen molar-refractivity contribution in [1.29, 1.82) is 0 Å². The average molecular weight is 400 g/mol. The number of carbonyl (C=O) groups is 2. The lowest BCUT2D eigenvalue weighted by atomic mass is 9.97. The Hall–Kier alpha value is -1.87. The molecule has 0 aliphatic carbocycles. The van der Waals surface area contributed by atoms with Gasteiger partial charge in [0.15, 0.2) is 0 Å². The van der Waals surface area contributed by atoms with Gasteiger partial charge in [0.25, 0.3) is 5.91 Å². The third-order valence-electron chi connectivity index (χ3n) is 4.83. The number of likely N-dealkylation sites (tertiary alicyclic amines) is 1. The van der Waals surface area contributed by atoms with Crippen LogP contribution in [-0.2, 0) is 21.2 Å². The molecule has 0 aromatic carbocycles. The first kappa shape index (κ1) is 21.4. The number of methoxy groups -OCH3 is 1. The summed E-state index contributed by atoms with van der Waals surface area (Å²) in [6.07, 6.45) is 4.21. The predicted molar refractivity (Wildman–Crippen MR) is 102 cm³/mol. The van der Waals surface area contributed by atoms with Crippen LogP contribution in [0.25, 0.3) is 0 Å². The van der Waals surface area contributed by atoms with Gasteiger partial charge in [-0.15, -0.1) is 0 Å². The first-order valence-electron chi connectivity index (χ1n) is 9.21. The Labute approximate surface area is 160 Å². The lowest BCUT2D eigenvalue weighted by Crippen LogP contribution is -2.44. The van der Waals surface area contributed by atoms with Gasteiger partial charge in [-0.05, 0) is 37.7 Å². The number of piperidine rings is 1. The van der Waals surface area contributed by atoms with Crippen LogP contribution in [-0.4, -0.2) is 63.2 Å². The first-order valence-corrected chi connectivity index (χ1v) is 11.1. The normalized spacial score (nSPS) is 17.8. The van der Waals surface area contributed by atoms with E-state index in [0.29, 0.717) is 48.6 Å². The number of amides is 1. The van der Waals surface area contributed by atoms with Crippen molar-refractivity contribution in [3.63, 3.8) is 0 Å². The second-order valence-electron chi connectivity index (χ2n) is 7.10. The van der Waals surface area contributed by atoms with Crippen molar-refractivity contribution in [2.45, 2.75) is 39.5 Å². The fraction of sp³-hybridized carbons (Fsp3) is 0.667. The Morgan fingerprint density at radius 2 is 2.07 bits per heavy atom. The van der Waals surface area contributed by atoms with E-state index in [1.807, 2.05) is 6.92 Å². The maximum Gasteiger partial charge on any atom is 0.339 e. The molecule has 1 aliphatic heterocycles. The minimum Gasteiger partial charge on any atom is -0.465 e. The Balaban J connectivity index is 2.22. The summed E-state index contributed by atoms with van der Waals surface area (Å²) >= 11 is 0. The van der Waals surface area contributed by atoms with E-state index in [-0.39, 0.29) is 11.8 Å². The Kier molecular flexibility index (Phi) is 7.05. The van der Waals surface area contributed by atoms with E-state index in [1.54, 1.807) is 11.8 Å². The van der Waals surface area contributed by atoms with Crippen LogP contribution in [0.15, 0.2) is 0 Å². The summed E-state index contributed by atoms with van der Waals surface area (Å²) in [5.41, 5.74) is 2.20. The van der Waals surface area contributed by atoms with Crippen LogP contribution in [0.5, 0.6) is 0 Å². The van der Waals surface area contributed by atoms with E-state index in [2.05, 4.69) is 9.71 Å². The molecule has 1 amide bonds. The number of hydrogen-bond acceptors (Lipinski definition) is 5. The monoisotopic (exact) mass is 399 g/mol. The van der Waals surface area contributed by atoms with Crippen LogP contribution in [0.2, 0.25) is 0 Å². The van der Waals surface area contributed by atoms with Crippen LogP contribution < -0.4 is 4.72 Å². The van der Waals surface area contributed by atoms with Gasteiger partial charge in [-0.2, -0.15) is 0 Å². The van der Waals surface area contributed by atoms with Gasteiger partial charge in [0.05, 0.1) is 18.9 Å². The summed E-state index contributed by atoms with van der Waals surface area (Å²) in [4.78, 5) is 30.1. The number of nitrogens with one attached hydrogen (secondary N) is 2. The number of aromatic nitrogens is 1. The van der Waals surface area contributed by atoms with Gasteiger partial charge in [-0.25, -0.2) is 17.9 Å². The molecule has 1 aromatic rings. The van der Waals surface area contributed by atoms with Crippen molar-refractivity contribution in [2.24, 2.45) is 5.92 Å². The molecule has 0 radical (unpaired) electrons. The smallest absolute Gasteiger partial charge is 0.339 e. The zero-order chi connectivity index (χ0) is 20.2. The fourth-order valence-electron chi connectivity index (χ4n) is 3.58. The first-order chi connectivity index (χ1) is 12.7. The molecule has 1 saturated heterocycles. The number of H-pyrrole nitrogens is 1. The number of carbonyl (C=O) groups excluding carboxylic acids is 2. The van der Waals surface area contributed by atoms with Gasteiger partial charge >= 0.3 is 5.97 Å². The minimum atomic E-state index is -3.25. The average Bonchev–Trinajstić information content (AvgIpc) is 2.95. The highest BCUT2D eigenvalue weighted by Crippen LogP contribution is 2.25. The summed E-state index contributed by atoms with van der Waals surface area (Å²) in [6, 6.07) is 0. The minimum absolute atomic E-state index is 0.0724. The lowest BCUT2D eigenvalue weighted by molar-refractivity contribution is 0.0599. The third-order valence-corrected chi connectivity index (χ3v) is 5.53. The highest BCUT2D eigenvalue weighted by Gasteiger charge is 2.30. The van der Waals surface area contributed by atoms with Gasteiger partial charge < -0.3 is 14.6 Å². The maximum atomic E-state index is 13.1. The fourth-order valence-corrected chi connectivity index (χ4v) is 4.12. The SMILES string of the molecule is CCCc1c(C(=O)N2CCC[C@H](CNS(C)(=O)=O)C2)[nH]c(C)c1C(=O)OC. The Morgan fingerprint density at radius 3 is 2.67 bits per heavy atom. The van der Waals surface area contributed by atoms with Crippen molar-refractivity contribution in [3.05, 3.63) is 22.5 Å². The number of nitrogens with zero attached hydrogens (tertiary/aromatic N) is 1. The molecule has 2 rings (SSSR count). The van der Waals surface area contributed by atoms with E-state index in [4.69, 9.17) is 4.74 Å². The largest absolute Gasteiger partial charge is 0.465 e. The number of hydrogen-bond donors (Lipinski definition) is 2. The van der Waals surface area contributed by atoms with Crippen LogP contribution >= 0.6 is 0 Å². The van der Waals surface area contributed by atoms with Crippen molar-refractivity contribution < 1.29 is 22.7 Å². The van der Waals surface area contributed by atoms with Crippen LogP contribution in [0, 0.1) is 12.8 Å². The molecule has 1 aliphatic rings. The Bertz CT molecular complexity index is 800. The third kappa shape index (κ3) is 5.32. The molecule has 0 saturated carbocycles. The molecule has 2 heterocycles. The van der Waals surface area contributed by atoms with E-state index in [0.717, 1.165) is 25.5 Å². The summed E-state index contributed by atoms with van der Waals surface area (Å²) in [7, 11) is -1.92. The molecule has 2 N–H and O–H groups in total. The molecule has 27 heavy (non-hydrogen) atoms. The van der Waals surface area contributed by atoms with Crippen molar-refractivity contribution in [1.82, 2.24) is 14.6 Å². The van der Waals surface area contributed by atoms with E-state index in [9.17, 15) is 18.0 Å². The number of ether oxygens (including phenoxy) is 1. The zero-order valence-corrected chi connectivity index (χ0v) is 17.2. The van der Waals surface area contributed by atoms with Gasteiger partial charge in [0.1, 0.15) is 5.69 Å². The topological polar surface area (TPSA) is 109 Å². The van der Waals surface area contributed by atoms with Crippen LogP contribution in [0.4, 0.5) is 0 Å². The molecular formula is C18H29N3O5S. The molecule has 0 unspecified atom stereocenters. The lowest BCUT2D eigenvalue weighted by Gasteiger charge is -2.32. The van der Waals surface area contributed by atoms with Gasteiger partial charge in [-0.1, -0.05) is 13.3 Å². The van der Waals surface area contributed by atoms with Crippen LogP contribution in [0.1, 0.15) is 58.3 Å². The van der Waals surface area contributed by atoms with Crippen molar-refractivity contribution in [3.8, 4) is 0 Å². The summed E-state index contributed by atoms with van der Waals surface area (Å²) in [5.74, 6) is -0.524. The highest BCUT2D eigenvalue weighted by molar-refractivity contribution is 7.88. The van der Waals surface area contributed by atoms with E-state index >= 15 is 0 Å². The number of sulfonamides is 1. The molecule has 0 bridgehead atoms. The number of rotatable bonds is 7. The van der Waals surface area contributed by atoms with Gasteiger partial charge in [-0.3, -0.25) is 4.79 Å². The molecule has 1 atom stereocenters. The zero-order valence-electron chi connectivity index (χ0n) is 16.4. The summed E-state index contributed by atoms with van der Waals surface area (Å²) in [6.45, 7) is 5.17. The number of aryl methyl sites for hydroxylation is 1. The van der Waals surface area contributed by atoms with E-state index in [1.165, 1.54) is 7.11 Å². The standard InChI is InChI=1S/C18H29N3O5S/c1-5-7-14-15(18(23)26-3)12(2)20-16(14)17(22)21-9-6-8-13(11-21)10-19-27(4,24)25/h13,19-20H,5-11H2,1-4H3/t13-/m1/s1. The second kappa shape index (κ2) is 8.88. The quantitative estimate of drug-likeness (QED) is 0.675. The van der Waals surface area contributed by atoms with Crippen molar-refractivity contribution in [2.75, 3.05) is 33.0 Å². The second-order valence-corrected chi connectivity index (χ2v) is 8.93. The molecular weight excluding hydrogens is 370 g/mol. The van der Waals surface area contributed by atoms with Gasteiger partial charge in [0.2, 0.25) is 10.0 Å². The molecule has 8 nitrogen and oxygen atoms in total. The molecule has 1 fully saturated rings. The molecule has 1 aromatic heterocycles. The molecule has 9 heteroatoms. The maximum absolute atomic E-state index is 13.1. The highest BCUT2D eigenvalue weighted by atomic mass is 32.2. The summed E-state index contributed by atoms with van der Waals surface area (Å²) in [5, 5.41) is 0. The predicted octanol–water partition coefficient (Wildman–Crippen LogP) is 1.46. The molecule has 0 spiro atoms. The van der Waals surface area contributed by atoms with Crippen LogP contribution in [0.3, 0.4) is 0 Å².